The summed E-state index contributed by atoms with van der Waals surface area (Å²) in [5.41, 5.74) is 0.369. The highest BCUT2D eigenvalue weighted by atomic mass is 16.4. The molecule has 1 rings (SSSR count). The lowest BCUT2D eigenvalue weighted by atomic mass is 10.0. The maximum Gasteiger partial charge on any atom is 0.323 e. The summed E-state index contributed by atoms with van der Waals surface area (Å²) in [4.78, 5) is 23.7. The smallest absolute Gasteiger partial charge is 0.323 e. The molecule has 5 heteroatoms. The van der Waals surface area contributed by atoms with E-state index in [9.17, 15) is 9.59 Å². The number of terminal acetylenes is 1. The lowest BCUT2D eigenvalue weighted by Crippen LogP contribution is -2.43. The molecule has 0 atom stereocenters. The Labute approximate surface area is 114 Å². The minimum atomic E-state index is -1.07. The van der Waals surface area contributed by atoms with E-state index in [4.69, 9.17) is 11.5 Å². The van der Waals surface area contributed by atoms with Crippen molar-refractivity contribution >= 4 is 12.0 Å². The van der Waals surface area contributed by atoms with E-state index in [0.717, 1.165) is 4.90 Å². The number of carboxylic acids is 1. The van der Waals surface area contributed by atoms with Crippen LogP contribution in [0.3, 0.4) is 0 Å². The molecule has 5 nitrogen and oxygen atoms in total. The molecule has 19 heavy (non-hydrogen) atoms. The molecule has 0 aromatic heterocycles. The average molecular weight is 266 g/mol. The van der Waals surface area contributed by atoms with Gasteiger partial charge in [0.15, 0.2) is 0 Å². The minimum absolute atomic E-state index is 0.00438. The van der Waals surface area contributed by atoms with Crippen LogP contribution in [-0.4, -0.2) is 41.6 Å². The minimum Gasteiger partial charge on any atom is -0.480 e. The summed E-state index contributed by atoms with van der Waals surface area (Å²) in [6.07, 6.45) is 5.13. The van der Waals surface area contributed by atoms with Crippen molar-refractivity contribution in [2.45, 2.75) is 27.7 Å². The van der Waals surface area contributed by atoms with Crippen LogP contribution in [0.1, 0.15) is 27.7 Å². The molecular formula is C14H22N2O3. The second-order valence-electron chi connectivity index (χ2n) is 6.14. The van der Waals surface area contributed by atoms with Crippen LogP contribution in [0.2, 0.25) is 0 Å². The van der Waals surface area contributed by atoms with Gasteiger partial charge < -0.3 is 15.3 Å². The quantitative estimate of drug-likeness (QED) is 0.739. The Morgan fingerprint density at radius 2 is 1.84 bits per heavy atom. The number of rotatable bonds is 5. The van der Waals surface area contributed by atoms with E-state index in [-0.39, 0.29) is 23.9 Å². The van der Waals surface area contributed by atoms with Gasteiger partial charge in [0.2, 0.25) is 0 Å². The van der Waals surface area contributed by atoms with Crippen LogP contribution < -0.4 is 5.32 Å². The van der Waals surface area contributed by atoms with Gasteiger partial charge in [0.25, 0.3) is 0 Å². The molecule has 0 spiro atoms. The number of nitrogens with one attached hydrogen (secondary N) is 1. The van der Waals surface area contributed by atoms with Crippen LogP contribution in [0, 0.1) is 29.1 Å². The van der Waals surface area contributed by atoms with Gasteiger partial charge in [0.05, 0.1) is 6.54 Å². The van der Waals surface area contributed by atoms with Gasteiger partial charge >= 0.3 is 12.0 Å². The third kappa shape index (κ3) is 3.01. The summed E-state index contributed by atoms with van der Waals surface area (Å²) in [7, 11) is 0. The predicted octanol–water partition coefficient (Wildman–Crippen LogP) is 1.40. The van der Waals surface area contributed by atoms with Crippen molar-refractivity contribution in [3.63, 3.8) is 0 Å². The largest absolute Gasteiger partial charge is 0.480 e. The van der Waals surface area contributed by atoms with Crippen molar-refractivity contribution in [1.29, 1.82) is 0 Å². The molecule has 0 heterocycles. The lowest BCUT2D eigenvalue weighted by Gasteiger charge is -2.19. The Balaban J connectivity index is 2.51. The first kappa shape index (κ1) is 15.4. The van der Waals surface area contributed by atoms with Crippen molar-refractivity contribution in [2.24, 2.45) is 16.7 Å². The van der Waals surface area contributed by atoms with Crippen LogP contribution in [0.15, 0.2) is 0 Å². The molecular weight excluding hydrogens is 244 g/mol. The number of carbonyl (C=O) groups is 2. The monoisotopic (exact) mass is 266 g/mol. The first-order valence-electron chi connectivity index (χ1n) is 6.32. The predicted molar refractivity (Wildman–Crippen MR) is 72.5 cm³/mol. The van der Waals surface area contributed by atoms with E-state index in [2.05, 4.69) is 38.9 Å². The molecule has 0 bridgehead atoms. The number of aliphatic carboxylic acids is 1. The van der Waals surface area contributed by atoms with Crippen molar-refractivity contribution in [3.8, 4) is 12.3 Å². The van der Waals surface area contributed by atoms with Crippen LogP contribution in [0.25, 0.3) is 0 Å². The summed E-state index contributed by atoms with van der Waals surface area (Å²) in [6.45, 7) is 8.82. The zero-order valence-corrected chi connectivity index (χ0v) is 12.0. The molecule has 2 N–H and O–H groups in total. The number of carbonyl (C=O) groups excluding carboxylic acids is 1. The Morgan fingerprint density at radius 3 is 2.21 bits per heavy atom. The molecule has 1 saturated carbocycles. The molecule has 0 aliphatic heterocycles. The number of hydrogen-bond acceptors (Lipinski definition) is 2. The van der Waals surface area contributed by atoms with E-state index in [0.29, 0.717) is 12.5 Å². The van der Waals surface area contributed by atoms with E-state index in [1.807, 2.05) is 0 Å². The fourth-order valence-electron chi connectivity index (χ4n) is 2.62. The highest BCUT2D eigenvalue weighted by Crippen LogP contribution is 2.67. The molecule has 1 aliphatic rings. The molecule has 0 radical (unpaired) electrons. The Bertz CT molecular complexity index is 407. The zero-order chi connectivity index (χ0) is 14.8. The van der Waals surface area contributed by atoms with Crippen LogP contribution in [-0.2, 0) is 4.79 Å². The summed E-state index contributed by atoms with van der Waals surface area (Å²) in [5, 5.41) is 11.5. The summed E-state index contributed by atoms with van der Waals surface area (Å²) in [6, 6.07) is -0.418. The Morgan fingerprint density at radius 1 is 1.32 bits per heavy atom. The fourth-order valence-corrected chi connectivity index (χ4v) is 2.62. The first-order chi connectivity index (χ1) is 8.64. The third-order valence-electron chi connectivity index (χ3n) is 4.67. The molecule has 1 fully saturated rings. The standard InChI is InChI=1S/C14H22N2O3/c1-6-7-16(9-11(17)18)12(19)15-8-10-13(2,3)14(10,4)5/h1,10H,7-9H2,2-5H3,(H,15,19)(H,17,18). The van der Waals surface area contributed by atoms with E-state index in [1.54, 1.807) is 0 Å². The highest BCUT2D eigenvalue weighted by Gasteiger charge is 2.64. The van der Waals surface area contributed by atoms with Crippen molar-refractivity contribution in [2.75, 3.05) is 19.6 Å². The molecule has 0 aromatic rings. The van der Waals surface area contributed by atoms with Gasteiger partial charge in [-0.25, -0.2) is 4.79 Å². The van der Waals surface area contributed by atoms with Gasteiger partial charge in [0, 0.05) is 6.54 Å². The van der Waals surface area contributed by atoms with E-state index < -0.39 is 12.0 Å². The highest BCUT2D eigenvalue weighted by molar-refractivity contribution is 5.80. The number of amides is 2. The van der Waals surface area contributed by atoms with Crippen LogP contribution in [0.5, 0.6) is 0 Å². The number of nitrogens with zero attached hydrogens (tertiary/aromatic N) is 1. The number of carboxylic acid groups (broad SMARTS) is 1. The summed E-state index contributed by atoms with van der Waals surface area (Å²) >= 11 is 0. The molecule has 106 valence electrons. The van der Waals surface area contributed by atoms with Gasteiger partial charge in [-0.3, -0.25) is 4.79 Å². The average Bonchev–Trinajstić information content (AvgIpc) is 2.65. The van der Waals surface area contributed by atoms with Gasteiger partial charge in [-0.15, -0.1) is 6.42 Å². The lowest BCUT2D eigenvalue weighted by molar-refractivity contribution is -0.137. The summed E-state index contributed by atoms with van der Waals surface area (Å²) < 4.78 is 0. The van der Waals surface area contributed by atoms with Crippen molar-refractivity contribution < 1.29 is 14.7 Å². The maximum absolute atomic E-state index is 11.9. The van der Waals surface area contributed by atoms with Gasteiger partial charge in [0.1, 0.15) is 6.54 Å². The van der Waals surface area contributed by atoms with Crippen LogP contribution >= 0.6 is 0 Å². The molecule has 0 aromatic carbocycles. The molecule has 2 amide bonds. The van der Waals surface area contributed by atoms with Crippen molar-refractivity contribution in [1.82, 2.24) is 10.2 Å². The third-order valence-corrected chi connectivity index (χ3v) is 4.67. The zero-order valence-electron chi connectivity index (χ0n) is 12.0. The van der Waals surface area contributed by atoms with Gasteiger partial charge in [-0.05, 0) is 16.7 Å². The second-order valence-corrected chi connectivity index (χ2v) is 6.14. The Hall–Kier alpha value is -1.70. The van der Waals surface area contributed by atoms with Crippen LogP contribution in [0.4, 0.5) is 4.79 Å². The summed E-state index contributed by atoms with van der Waals surface area (Å²) in [5.74, 6) is 1.61. The second kappa shape index (κ2) is 5.12. The Kier molecular flexibility index (Phi) is 4.14. The fraction of sp³-hybridized carbons (Fsp3) is 0.714. The first-order valence-corrected chi connectivity index (χ1v) is 6.32. The normalized spacial score (nSPS) is 19.3. The van der Waals surface area contributed by atoms with E-state index >= 15 is 0 Å². The molecule has 0 saturated heterocycles. The van der Waals surface area contributed by atoms with Crippen molar-refractivity contribution in [3.05, 3.63) is 0 Å². The maximum atomic E-state index is 11.9. The van der Waals surface area contributed by atoms with E-state index in [1.165, 1.54) is 0 Å². The SMILES string of the molecule is C#CCN(CC(=O)O)C(=O)NCC1C(C)(C)C1(C)C. The van der Waals surface area contributed by atoms with Gasteiger partial charge in [-0.2, -0.15) is 0 Å². The molecule has 1 aliphatic carbocycles. The van der Waals surface area contributed by atoms with Gasteiger partial charge in [-0.1, -0.05) is 33.6 Å². The number of urea groups is 1. The number of hydrogen-bond donors (Lipinski definition) is 2. The molecule has 0 unspecified atom stereocenters. The topological polar surface area (TPSA) is 69.6 Å².